The zero-order valence-corrected chi connectivity index (χ0v) is 23.0. The van der Waals surface area contributed by atoms with Crippen LogP contribution < -0.4 is 10.6 Å². The lowest BCUT2D eigenvalue weighted by molar-refractivity contribution is -0.140. The first kappa shape index (κ1) is 29.7. The van der Waals surface area contributed by atoms with Crippen LogP contribution in [0.25, 0.3) is 0 Å². The number of aryl methyl sites for hydroxylation is 1. The topological polar surface area (TPSA) is 87.7 Å². The third-order valence-corrected chi connectivity index (χ3v) is 6.60. The minimum Gasteiger partial charge on any atom is -0.444 e. The Kier molecular flexibility index (Phi) is 12.2. The van der Waals surface area contributed by atoms with Crippen LogP contribution in [-0.4, -0.2) is 47.5 Å². The van der Waals surface area contributed by atoms with Gasteiger partial charge in [-0.05, 0) is 58.1 Å². The third-order valence-electron chi connectivity index (χ3n) is 6.60. The van der Waals surface area contributed by atoms with Gasteiger partial charge in [0.15, 0.2) is 0 Å². The van der Waals surface area contributed by atoms with Crippen molar-refractivity contribution in [1.82, 2.24) is 15.5 Å². The maximum Gasteiger partial charge on any atom is 0.408 e. The zero-order chi connectivity index (χ0) is 26.6. The van der Waals surface area contributed by atoms with Crippen LogP contribution in [0.3, 0.4) is 0 Å². The highest BCUT2D eigenvalue weighted by Gasteiger charge is 2.33. The number of unbranched alkanes of at least 4 members (excludes halogenated alkanes) is 4. The second kappa shape index (κ2) is 14.9. The zero-order valence-electron chi connectivity index (χ0n) is 23.0. The summed E-state index contributed by atoms with van der Waals surface area (Å²) in [7, 11) is 0. The largest absolute Gasteiger partial charge is 0.444 e. The summed E-state index contributed by atoms with van der Waals surface area (Å²) in [5, 5.41) is 5.83. The SMILES string of the molecule is CCCCCCCN(C(=O)CNC(=O)OC(C)(C)C)C(C(=O)NC1CCCCC1)c1ccccc1C. The molecule has 0 heterocycles. The summed E-state index contributed by atoms with van der Waals surface area (Å²) in [6, 6.07) is 7.14. The molecule has 2 N–H and O–H groups in total. The van der Waals surface area contributed by atoms with E-state index >= 15 is 0 Å². The molecule has 0 radical (unpaired) electrons. The quantitative estimate of drug-likeness (QED) is 0.354. The Bertz CT molecular complexity index is 843. The number of amides is 3. The molecule has 1 aliphatic rings. The number of nitrogens with zero attached hydrogens (tertiary/aromatic N) is 1. The summed E-state index contributed by atoms with van der Waals surface area (Å²) in [6.45, 7) is 9.71. The molecule has 1 aromatic rings. The first-order valence-corrected chi connectivity index (χ1v) is 13.7. The predicted octanol–water partition coefficient (Wildman–Crippen LogP) is 5.81. The molecule has 0 aromatic heterocycles. The fourth-order valence-electron chi connectivity index (χ4n) is 4.72. The lowest BCUT2D eigenvalue weighted by atomic mass is 9.94. The number of nitrogens with one attached hydrogen (secondary N) is 2. The van der Waals surface area contributed by atoms with Crippen LogP contribution in [0.4, 0.5) is 4.79 Å². The van der Waals surface area contributed by atoms with Crippen molar-refractivity contribution in [2.75, 3.05) is 13.1 Å². The molecular weight excluding hydrogens is 454 g/mol. The van der Waals surface area contributed by atoms with Crippen molar-refractivity contribution in [3.63, 3.8) is 0 Å². The second-order valence-corrected chi connectivity index (χ2v) is 11.0. The molecule has 0 bridgehead atoms. The first-order valence-electron chi connectivity index (χ1n) is 13.7. The predicted molar refractivity (Wildman–Crippen MR) is 144 cm³/mol. The molecule has 202 valence electrons. The minimum absolute atomic E-state index is 0.138. The number of hydrogen-bond acceptors (Lipinski definition) is 4. The molecule has 1 unspecified atom stereocenters. The molecule has 0 spiro atoms. The van der Waals surface area contributed by atoms with Gasteiger partial charge in [-0.2, -0.15) is 0 Å². The van der Waals surface area contributed by atoms with E-state index in [1.54, 1.807) is 25.7 Å². The van der Waals surface area contributed by atoms with Gasteiger partial charge in [-0.3, -0.25) is 9.59 Å². The van der Waals surface area contributed by atoms with E-state index in [0.717, 1.165) is 68.9 Å². The van der Waals surface area contributed by atoms with E-state index in [0.29, 0.717) is 6.54 Å². The van der Waals surface area contributed by atoms with Crippen LogP contribution in [0.15, 0.2) is 24.3 Å². The molecule has 0 saturated heterocycles. The van der Waals surface area contributed by atoms with Crippen LogP contribution in [0.1, 0.15) is 109 Å². The van der Waals surface area contributed by atoms with Gasteiger partial charge in [-0.1, -0.05) is 76.1 Å². The molecule has 7 nitrogen and oxygen atoms in total. The van der Waals surface area contributed by atoms with Crippen molar-refractivity contribution in [2.24, 2.45) is 0 Å². The van der Waals surface area contributed by atoms with Crippen LogP contribution in [0.5, 0.6) is 0 Å². The molecule has 1 aromatic carbocycles. The van der Waals surface area contributed by atoms with Crippen LogP contribution in [-0.2, 0) is 14.3 Å². The highest BCUT2D eigenvalue weighted by Crippen LogP contribution is 2.27. The Morgan fingerprint density at radius 2 is 1.69 bits per heavy atom. The molecule has 36 heavy (non-hydrogen) atoms. The fourth-order valence-corrected chi connectivity index (χ4v) is 4.72. The van der Waals surface area contributed by atoms with Crippen LogP contribution in [0.2, 0.25) is 0 Å². The van der Waals surface area contributed by atoms with Crippen LogP contribution >= 0.6 is 0 Å². The standard InChI is InChI=1S/C29H47N3O4/c1-6-7-8-9-15-20-32(25(33)21-30-28(35)36-29(3,4)5)26(24-19-14-13-16-22(24)2)27(34)31-23-17-11-10-12-18-23/h13-14,16,19,23,26H,6-12,15,17-18,20-21H2,1-5H3,(H,30,35)(H,31,34). The van der Waals surface area contributed by atoms with E-state index in [4.69, 9.17) is 4.74 Å². The molecule has 1 saturated carbocycles. The molecule has 3 amide bonds. The van der Waals surface area contributed by atoms with E-state index in [1.165, 1.54) is 6.42 Å². The van der Waals surface area contributed by atoms with Gasteiger partial charge in [0.25, 0.3) is 0 Å². The summed E-state index contributed by atoms with van der Waals surface area (Å²) in [5.41, 5.74) is 1.13. The highest BCUT2D eigenvalue weighted by atomic mass is 16.6. The number of hydrogen-bond donors (Lipinski definition) is 2. The van der Waals surface area contributed by atoms with Gasteiger partial charge in [0, 0.05) is 12.6 Å². The van der Waals surface area contributed by atoms with Crippen LogP contribution in [0, 0.1) is 6.92 Å². The summed E-state index contributed by atoms with van der Waals surface area (Å²) in [4.78, 5) is 41.2. The number of alkyl carbamates (subject to hydrolysis) is 1. The Morgan fingerprint density at radius 1 is 1.03 bits per heavy atom. The maximum atomic E-state index is 13.8. The number of carbonyl (C=O) groups is 3. The highest BCUT2D eigenvalue weighted by molar-refractivity contribution is 5.90. The third kappa shape index (κ3) is 10.2. The summed E-state index contributed by atoms with van der Waals surface area (Å²) < 4.78 is 5.31. The van der Waals surface area contributed by atoms with E-state index < -0.39 is 17.7 Å². The van der Waals surface area contributed by atoms with E-state index in [1.807, 2.05) is 31.2 Å². The van der Waals surface area contributed by atoms with Crippen molar-refractivity contribution in [3.05, 3.63) is 35.4 Å². The Morgan fingerprint density at radius 3 is 2.33 bits per heavy atom. The second-order valence-electron chi connectivity index (χ2n) is 11.0. The summed E-state index contributed by atoms with van der Waals surface area (Å²) in [5.74, 6) is -0.432. The monoisotopic (exact) mass is 501 g/mol. The molecule has 1 fully saturated rings. The summed E-state index contributed by atoms with van der Waals surface area (Å²) >= 11 is 0. The average molecular weight is 502 g/mol. The number of ether oxygens (including phenoxy) is 1. The Labute approximate surface area is 217 Å². The van der Waals surface area contributed by atoms with Gasteiger partial charge in [0.2, 0.25) is 11.8 Å². The van der Waals surface area contributed by atoms with Gasteiger partial charge in [0.1, 0.15) is 18.2 Å². The van der Waals surface area contributed by atoms with Crippen molar-refractivity contribution in [1.29, 1.82) is 0 Å². The maximum absolute atomic E-state index is 13.8. The lowest BCUT2D eigenvalue weighted by Crippen LogP contribution is -2.50. The smallest absolute Gasteiger partial charge is 0.408 e. The van der Waals surface area contributed by atoms with Gasteiger partial charge < -0.3 is 20.3 Å². The molecule has 0 aliphatic heterocycles. The van der Waals surface area contributed by atoms with E-state index in [2.05, 4.69) is 17.6 Å². The first-order chi connectivity index (χ1) is 17.1. The Balaban J connectivity index is 2.27. The molecule has 7 heteroatoms. The van der Waals surface area contributed by atoms with Gasteiger partial charge in [-0.25, -0.2) is 4.79 Å². The minimum atomic E-state index is -0.743. The molecular formula is C29H47N3O4. The number of rotatable bonds is 12. The number of benzene rings is 1. The van der Waals surface area contributed by atoms with Gasteiger partial charge >= 0.3 is 6.09 Å². The average Bonchev–Trinajstić information content (AvgIpc) is 2.82. The Hall–Kier alpha value is -2.57. The fraction of sp³-hybridized carbons (Fsp3) is 0.690. The van der Waals surface area contributed by atoms with Gasteiger partial charge in [0.05, 0.1) is 0 Å². The normalized spacial score (nSPS) is 15.1. The van der Waals surface area contributed by atoms with Crippen molar-refractivity contribution < 1.29 is 19.1 Å². The van der Waals surface area contributed by atoms with Crippen molar-refractivity contribution >= 4 is 17.9 Å². The molecule has 2 rings (SSSR count). The van der Waals surface area contributed by atoms with Gasteiger partial charge in [-0.15, -0.1) is 0 Å². The summed E-state index contributed by atoms with van der Waals surface area (Å²) in [6.07, 6.45) is 9.89. The van der Waals surface area contributed by atoms with E-state index in [9.17, 15) is 14.4 Å². The van der Waals surface area contributed by atoms with Crippen molar-refractivity contribution in [3.8, 4) is 0 Å². The van der Waals surface area contributed by atoms with Crippen molar-refractivity contribution in [2.45, 2.75) is 117 Å². The molecule has 1 aliphatic carbocycles. The lowest BCUT2D eigenvalue weighted by Gasteiger charge is -2.34. The number of carbonyl (C=O) groups excluding carboxylic acids is 3. The molecule has 1 atom stereocenters. The van der Waals surface area contributed by atoms with E-state index in [-0.39, 0.29) is 24.4 Å².